The zero-order valence-corrected chi connectivity index (χ0v) is 11.3. The van der Waals surface area contributed by atoms with E-state index in [-0.39, 0.29) is 10.6 Å². The molecule has 2 aromatic rings. The molecule has 2 aromatic carbocycles. The van der Waals surface area contributed by atoms with E-state index in [9.17, 15) is 9.18 Å². The topological polar surface area (TPSA) is 29.1 Å². The second-order valence-corrected chi connectivity index (χ2v) is 4.56. The molecular weight excluding hydrogens is 288 g/mol. The van der Waals surface area contributed by atoms with Gasteiger partial charge in [-0.2, -0.15) is 0 Å². The minimum Gasteiger partial charge on any atom is -0.322 e. The van der Waals surface area contributed by atoms with Gasteiger partial charge in [-0.05, 0) is 29.8 Å². The van der Waals surface area contributed by atoms with Crippen LogP contribution in [-0.4, -0.2) is 5.91 Å². The van der Waals surface area contributed by atoms with Crippen molar-refractivity contribution in [2.75, 3.05) is 5.32 Å². The van der Waals surface area contributed by atoms with E-state index < -0.39 is 11.7 Å². The predicted octanol–water partition coefficient (Wildman–Crippen LogP) is 4.47. The normalized spacial score (nSPS) is 10.3. The van der Waals surface area contributed by atoms with Crippen molar-refractivity contribution in [3.63, 3.8) is 0 Å². The van der Waals surface area contributed by atoms with Crippen LogP contribution in [0.3, 0.4) is 0 Å². The van der Waals surface area contributed by atoms with Gasteiger partial charge in [0.25, 0.3) is 5.91 Å². The second kappa shape index (κ2) is 6.04. The average Bonchev–Trinajstić information content (AvgIpc) is 2.42. The minimum absolute atomic E-state index is 0.0813. The van der Waals surface area contributed by atoms with Crippen LogP contribution >= 0.6 is 23.2 Å². The van der Waals surface area contributed by atoms with Crippen molar-refractivity contribution in [3.05, 3.63) is 64.4 Å². The highest BCUT2D eigenvalue weighted by Gasteiger charge is 2.14. The number of halogens is 3. The van der Waals surface area contributed by atoms with Gasteiger partial charge in [-0.15, -0.1) is 11.6 Å². The molecule has 0 aliphatic carbocycles. The van der Waals surface area contributed by atoms with E-state index in [4.69, 9.17) is 23.2 Å². The summed E-state index contributed by atoms with van der Waals surface area (Å²) in [6, 6.07) is 11.3. The van der Waals surface area contributed by atoms with Gasteiger partial charge < -0.3 is 5.32 Å². The number of rotatable bonds is 3. The lowest BCUT2D eigenvalue weighted by Crippen LogP contribution is -2.14. The summed E-state index contributed by atoms with van der Waals surface area (Å²) in [5.74, 6) is -0.934. The Bertz CT molecular complexity index is 616. The van der Waals surface area contributed by atoms with E-state index in [1.165, 1.54) is 18.2 Å². The molecule has 5 heteroatoms. The highest BCUT2D eigenvalue weighted by atomic mass is 35.5. The van der Waals surface area contributed by atoms with E-state index in [0.29, 0.717) is 11.6 Å². The summed E-state index contributed by atoms with van der Waals surface area (Å²) in [4.78, 5) is 11.9. The molecule has 0 aliphatic heterocycles. The number of benzene rings is 2. The third kappa shape index (κ3) is 3.25. The highest BCUT2D eigenvalue weighted by molar-refractivity contribution is 6.31. The zero-order chi connectivity index (χ0) is 13.8. The Morgan fingerprint density at radius 2 is 1.95 bits per heavy atom. The van der Waals surface area contributed by atoms with E-state index in [1.54, 1.807) is 18.2 Å². The van der Waals surface area contributed by atoms with E-state index in [2.05, 4.69) is 5.32 Å². The summed E-state index contributed by atoms with van der Waals surface area (Å²) in [6.45, 7) is 0. The standard InChI is InChI=1S/C14H10Cl2FNO/c15-8-9-3-1-4-10(7-9)18-14(19)11-5-2-6-12(16)13(11)17/h1-7H,8H2,(H,18,19). The first-order chi connectivity index (χ1) is 9.11. The highest BCUT2D eigenvalue weighted by Crippen LogP contribution is 2.19. The fourth-order valence-corrected chi connectivity index (χ4v) is 1.95. The quantitative estimate of drug-likeness (QED) is 0.832. The zero-order valence-electron chi connectivity index (χ0n) is 9.79. The molecule has 0 fully saturated rings. The van der Waals surface area contributed by atoms with Crippen LogP contribution in [0.15, 0.2) is 42.5 Å². The van der Waals surface area contributed by atoms with Crippen molar-refractivity contribution < 1.29 is 9.18 Å². The molecule has 0 spiro atoms. The summed E-state index contributed by atoms with van der Waals surface area (Å²) in [5, 5.41) is 2.52. The molecule has 0 heterocycles. The summed E-state index contributed by atoms with van der Waals surface area (Å²) in [6.07, 6.45) is 0. The molecule has 0 saturated carbocycles. The Hall–Kier alpha value is -1.58. The molecule has 1 N–H and O–H groups in total. The molecule has 0 bridgehead atoms. The maximum absolute atomic E-state index is 13.7. The molecule has 0 atom stereocenters. The van der Waals surface area contributed by atoms with Gasteiger partial charge in [0.1, 0.15) is 0 Å². The molecule has 98 valence electrons. The Balaban J connectivity index is 2.23. The van der Waals surface area contributed by atoms with Gasteiger partial charge in [0.05, 0.1) is 10.6 Å². The van der Waals surface area contributed by atoms with Crippen molar-refractivity contribution in [1.29, 1.82) is 0 Å². The van der Waals surface area contributed by atoms with E-state index in [0.717, 1.165) is 5.56 Å². The van der Waals surface area contributed by atoms with Gasteiger partial charge in [0, 0.05) is 11.6 Å². The first-order valence-corrected chi connectivity index (χ1v) is 6.43. The van der Waals surface area contributed by atoms with Crippen LogP contribution in [0.5, 0.6) is 0 Å². The summed E-state index contributed by atoms with van der Waals surface area (Å²) in [7, 11) is 0. The maximum atomic E-state index is 13.7. The molecule has 0 aromatic heterocycles. The Morgan fingerprint density at radius 3 is 2.68 bits per heavy atom. The second-order valence-electron chi connectivity index (χ2n) is 3.89. The molecule has 2 nitrogen and oxygen atoms in total. The molecule has 1 amide bonds. The van der Waals surface area contributed by atoms with Gasteiger partial charge in [-0.1, -0.05) is 29.8 Å². The molecule has 0 radical (unpaired) electrons. The summed E-state index contributed by atoms with van der Waals surface area (Å²) in [5.41, 5.74) is 1.33. The number of carbonyl (C=O) groups is 1. The third-order valence-electron chi connectivity index (χ3n) is 2.54. The van der Waals surface area contributed by atoms with Crippen LogP contribution in [0.25, 0.3) is 0 Å². The lowest BCUT2D eigenvalue weighted by molar-refractivity contribution is 0.102. The largest absolute Gasteiger partial charge is 0.322 e. The molecular formula is C14H10Cl2FNO. The fraction of sp³-hybridized carbons (Fsp3) is 0.0714. The average molecular weight is 298 g/mol. The van der Waals surface area contributed by atoms with Crippen molar-refractivity contribution in [2.24, 2.45) is 0 Å². The number of carbonyl (C=O) groups excluding carboxylic acids is 1. The number of nitrogens with one attached hydrogen (secondary N) is 1. The fourth-order valence-electron chi connectivity index (χ4n) is 1.61. The number of amides is 1. The van der Waals surface area contributed by atoms with Crippen LogP contribution in [0.1, 0.15) is 15.9 Å². The van der Waals surface area contributed by atoms with Crippen LogP contribution in [0, 0.1) is 5.82 Å². The van der Waals surface area contributed by atoms with Crippen molar-refractivity contribution in [2.45, 2.75) is 5.88 Å². The first kappa shape index (κ1) is 13.8. The molecule has 19 heavy (non-hydrogen) atoms. The molecule has 0 aliphatic rings. The smallest absolute Gasteiger partial charge is 0.258 e. The first-order valence-electron chi connectivity index (χ1n) is 5.52. The van der Waals surface area contributed by atoms with Gasteiger partial charge >= 0.3 is 0 Å². The molecule has 0 saturated heterocycles. The SMILES string of the molecule is O=C(Nc1cccc(CCl)c1)c1cccc(Cl)c1F. The van der Waals surface area contributed by atoms with Crippen LogP contribution < -0.4 is 5.32 Å². The third-order valence-corrected chi connectivity index (χ3v) is 3.14. The van der Waals surface area contributed by atoms with E-state index in [1.807, 2.05) is 6.07 Å². The van der Waals surface area contributed by atoms with Crippen molar-refractivity contribution in [3.8, 4) is 0 Å². The van der Waals surface area contributed by atoms with Gasteiger partial charge in [0.15, 0.2) is 5.82 Å². The lowest BCUT2D eigenvalue weighted by Gasteiger charge is -2.07. The van der Waals surface area contributed by atoms with Crippen molar-refractivity contribution >= 4 is 34.8 Å². The molecule has 2 rings (SSSR count). The van der Waals surface area contributed by atoms with Crippen LogP contribution in [-0.2, 0) is 5.88 Å². The predicted molar refractivity (Wildman–Crippen MR) is 75.4 cm³/mol. The maximum Gasteiger partial charge on any atom is 0.258 e. The summed E-state index contributed by atoms with van der Waals surface area (Å²) < 4.78 is 13.7. The number of hydrogen-bond donors (Lipinski definition) is 1. The van der Waals surface area contributed by atoms with Crippen LogP contribution in [0.2, 0.25) is 5.02 Å². The monoisotopic (exact) mass is 297 g/mol. The Kier molecular flexibility index (Phi) is 4.40. The van der Waals surface area contributed by atoms with Gasteiger partial charge in [-0.25, -0.2) is 4.39 Å². The minimum atomic E-state index is -0.727. The number of alkyl halides is 1. The number of hydrogen-bond acceptors (Lipinski definition) is 1. The van der Waals surface area contributed by atoms with Crippen LogP contribution in [0.4, 0.5) is 10.1 Å². The van der Waals surface area contributed by atoms with Crippen molar-refractivity contribution in [1.82, 2.24) is 0 Å². The number of anilines is 1. The van der Waals surface area contributed by atoms with Gasteiger partial charge in [0.2, 0.25) is 0 Å². The lowest BCUT2D eigenvalue weighted by atomic mass is 10.1. The Labute approximate surface area is 120 Å². The van der Waals surface area contributed by atoms with E-state index >= 15 is 0 Å². The Morgan fingerprint density at radius 1 is 1.21 bits per heavy atom. The molecule has 0 unspecified atom stereocenters. The van der Waals surface area contributed by atoms with Gasteiger partial charge in [-0.3, -0.25) is 4.79 Å². The summed E-state index contributed by atoms with van der Waals surface area (Å²) >= 11 is 11.3.